The average Bonchev–Trinajstić information content (AvgIpc) is 3.30. The highest BCUT2D eigenvalue weighted by atomic mass is 16.1. The standard InChI is InChI=1S/C26H21N5O2/c27-25(33)20-5-2-6-21-24(20)30-15-31-26(21)29-14-17-4-1-3-16(11-17)12-23(32)19-8-7-18-9-10-28-22(18)13-19/h1-8,10-11,13,15H,9,12,14H2,(H2,27,33)(H,29,30,31). The summed E-state index contributed by atoms with van der Waals surface area (Å²) in [6, 6.07) is 18.9. The highest BCUT2D eigenvalue weighted by molar-refractivity contribution is 6.06. The van der Waals surface area contributed by atoms with Gasteiger partial charge in [0.15, 0.2) is 5.78 Å². The lowest BCUT2D eigenvalue weighted by Gasteiger charge is -2.11. The van der Waals surface area contributed by atoms with Gasteiger partial charge < -0.3 is 11.1 Å². The van der Waals surface area contributed by atoms with Crippen LogP contribution in [0.3, 0.4) is 0 Å². The number of aliphatic imine (C=N–C) groups is 1. The maximum atomic E-state index is 12.8. The SMILES string of the molecule is NC(=O)c1cccc2c(NCc3cccc(CC(=O)c4ccc5c(c4)N=CC5)c3)ncnc12. The van der Waals surface area contributed by atoms with E-state index in [-0.39, 0.29) is 5.78 Å². The predicted octanol–water partition coefficient (Wildman–Crippen LogP) is 4.02. The highest BCUT2D eigenvalue weighted by Gasteiger charge is 2.13. The summed E-state index contributed by atoms with van der Waals surface area (Å²) < 4.78 is 0. The topological polar surface area (TPSA) is 110 Å². The molecular weight excluding hydrogens is 414 g/mol. The lowest BCUT2D eigenvalue weighted by molar-refractivity contribution is 0.0988. The minimum atomic E-state index is -0.530. The van der Waals surface area contributed by atoms with Crippen LogP contribution in [0.4, 0.5) is 11.5 Å². The van der Waals surface area contributed by atoms with Gasteiger partial charge in [-0.2, -0.15) is 0 Å². The maximum Gasteiger partial charge on any atom is 0.250 e. The number of amides is 1. The molecule has 1 aromatic heterocycles. The van der Waals surface area contributed by atoms with E-state index in [1.54, 1.807) is 12.1 Å². The smallest absolute Gasteiger partial charge is 0.250 e. The zero-order valence-corrected chi connectivity index (χ0v) is 17.8. The zero-order valence-electron chi connectivity index (χ0n) is 17.8. The molecule has 0 radical (unpaired) electrons. The van der Waals surface area contributed by atoms with E-state index in [2.05, 4.69) is 20.3 Å². The summed E-state index contributed by atoms with van der Waals surface area (Å²) in [6.07, 6.45) is 4.41. The van der Waals surface area contributed by atoms with Crippen LogP contribution in [0.2, 0.25) is 0 Å². The summed E-state index contributed by atoms with van der Waals surface area (Å²) in [5.74, 6) is 0.145. The number of carbonyl (C=O) groups excluding carboxylic acids is 2. The molecule has 4 aromatic rings. The zero-order chi connectivity index (χ0) is 22.8. The van der Waals surface area contributed by atoms with Crippen molar-refractivity contribution in [2.24, 2.45) is 10.7 Å². The first kappa shape index (κ1) is 20.5. The second-order valence-corrected chi connectivity index (χ2v) is 7.92. The number of hydrogen-bond donors (Lipinski definition) is 2. The lowest BCUT2D eigenvalue weighted by atomic mass is 9.99. The van der Waals surface area contributed by atoms with Crippen molar-refractivity contribution < 1.29 is 9.59 Å². The van der Waals surface area contributed by atoms with Gasteiger partial charge in [0.1, 0.15) is 12.1 Å². The third-order valence-corrected chi connectivity index (χ3v) is 5.70. The number of ketones is 1. The fourth-order valence-electron chi connectivity index (χ4n) is 4.02. The number of primary amides is 1. The Balaban J connectivity index is 1.31. The van der Waals surface area contributed by atoms with E-state index in [1.165, 1.54) is 6.33 Å². The number of hydrogen-bond acceptors (Lipinski definition) is 6. The van der Waals surface area contributed by atoms with Crippen LogP contribution in [0.5, 0.6) is 0 Å². The van der Waals surface area contributed by atoms with Gasteiger partial charge in [0.05, 0.1) is 16.8 Å². The van der Waals surface area contributed by atoms with Gasteiger partial charge >= 0.3 is 0 Å². The number of aromatic nitrogens is 2. The molecule has 0 unspecified atom stereocenters. The average molecular weight is 435 g/mol. The number of benzene rings is 3. The molecule has 33 heavy (non-hydrogen) atoms. The molecule has 1 amide bonds. The van der Waals surface area contributed by atoms with Crippen LogP contribution in [-0.2, 0) is 19.4 Å². The molecule has 0 saturated heterocycles. The van der Waals surface area contributed by atoms with E-state index in [0.29, 0.717) is 35.4 Å². The fraction of sp³-hybridized carbons (Fsp3) is 0.115. The van der Waals surface area contributed by atoms with Crippen molar-refractivity contribution in [3.8, 4) is 0 Å². The van der Waals surface area contributed by atoms with Crippen molar-refractivity contribution in [2.75, 3.05) is 5.32 Å². The normalized spacial score (nSPS) is 12.0. The minimum absolute atomic E-state index is 0.0609. The number of carbonyl (C=O) groups is 2. The third kappa shape index (κ3) is 4.21. The first-order valence-corrected chi connectivity index (χ1v) is 10.6. The summed E-state index contributed by atoms with van der Waals surface area (Å²) in [6.45, 7) is 0.502. The molecule has 0 fully saturated rings. The van der Waals surface area contributed by atoms with Crippen LogP contribution < -0.4 is 11.1 Å². The summed E-state index contributed by atoms with van der Waals surface area (Å²) in [7, 11) is 0. The van der Waals surface area contributed by atoms with E-state index in [9.17, 15) is 9.59 Å². The van der Waals surface area contributed by atoms with E-state index in [0.717, 1.165) is 34.2 Å². The Labute approximate surface area is 190 Å². The maximum absolute atomic E-state index is 12.8. The number of nitrogens with zero attached hydrogens (tertiary/aromatic N) is 3. The quantitative estimate of drug-likeness (QED) is 0.426. The van der Waals surface area contributed by atoms with Crippen molar-refractivity contribution in [3.63, 3.8) is 0 Å². The number of rotatable bonds is 7. The van der Waals surface area contributed by atoms with Crippen LogP contribution >= 0.6 is 0 Å². The summed E-state index contributed by atoms with van der Waals surface area (Å²) in [5, 5.41) is 4.03. The second-order valence-electron chi connectivity index (χ2n) is 7.92. The summed E-state index contributed by atoms with van der Waals surface area (Å²) in [4.78, 5) is 37.4. The van der Waals surface area contributed by atoms with Crippen LogP contribution in [0.15, 0.2) is 72.0 Å². The van der Waals surface area contributed by atoms with Gasteiger partial charge in [-0.25, -0.2) is 9.97 Å². The van der Waals surface area contributed by atoms with E-state index < -0.39 is 5.91 Å². The number of nitrogens with two attached hydrogens (primary N) is 1. The first-order chi connectivity index (χ1) is 16.1. The lowest BCUT2D eigenvalue weighted by Crippen LogP contribution is -2.12. The molecule has 0 spiro atoms. The van der Waals surface area contributed by atoms with Crippen LogP contribution in [0.25, 0.3) is 10.9 Å². The van der Waals surface area contributed by atoms with E-state index >= 15 is 0 Å². The molecule has 5 rings (SSSR count). The molecule has 1 aliphatic rings. The Morgan fingerprint density at radius 1 is 0.970 bits per heavy atom. The Morgan fingerprint density at radius 2 is 1.82 bits per heavy atom. The van der Waals surface area contributed by atoms with Crippen molar-refractivity contribution in [1.29, 1.82) is 0 Å². The van der Waals surface area contributed by atoms with Gasteiger partial charge in [-0.3, -0.25) is 14.6 Å². The van der Waals surface area contributed by atoms with Gasteiger partial charge in [-0.15, -0.1) is 0 Å². The van der Waals surface area contributed by atoms with Crippen molar-refractivity contribution >= 4 is 40.3 Å². The molecule has 7 heteroatoms. The van der Waals surface area contributed by atoms with Gasteiger partial charge in [-0.05, 0) is 34.9 Å². The first-order valence-electron chi connectivity index (χ1n) is 10.6. The predicted molar refractivity (Wildman–Crippen MR) is 128 cm³/mol. The summed E-state index contributed by atoms with van der Waals surface area (Å²) in [5.41, 5.74) is 11.0. The molecule has 0 aliphatic carbocycles. The molecule has 0 bridgehead atoms. The third-order valence-electron chi connectivity index (χ3n) is 5.70. The van der Waals surface area contributed by atoms with Gasteiger partial charge in [0.2, 0.25) is 0 Å². The van der Waals surface area contributed by atoms with Crippen LogP contribution in [0.1, 0.15) is 37.4 Å². The Hall–Kier alpha value is -4.39. The number of Topliss-reactive ketones (excluding diaryl/α,β-unsaturated/α-hetero) is 1. The number of nitrogens with one attached hydrogen (secondary N) is 1. The monoisotopic (exact) mass is 435 g/mol. The van der Waals surface area contributed by atoms with Crippen LogP contribution in [-0.4, -0.2) is 27.9 Å². The van der Waals surface area contributed by atoms with Crippen molar-refractivity contribution in [3.05, 3.63) is 94.8 Å². The Morgan fingerprint density at radius 3 is 2.70 bits per heavy atom. The molecule has 3 N–H and O–H groups in total. The highest BCUT2D eigenvalue weighted by Crippen LogP contribution is 2.26. The van der Waals surface area contributed by atoms with Crippen molar-refractivity contribution in [2.45, 2.75) is 19.4 Å². The number of para-hydroxylation sites is 1. The summed E-state index contributed by atoms with van der Waals surface area (Å²) >= 11 is 0. The molecular formula is C26H21N5O2. The van der Waals surface area contributed by atoms with Gasteiger partial charge in [0, 0.05) is 36.6 Å². The molecule has 0 atom stereocenters. The molecule has 1 aliphatic heterocycles. The molecule has 7 nitrogen and oxygen atoms in total. The van der Waals surface area contributed by atoms with Crippen LogP contribution in [0, 0.1) is 0 Å². The Bertz CT molecular complexity index is 1430. The fourth-order valence-corrected chi connectivity index (χ4v) is 4.02. The molecule has 0 saturated carbocycles. The number of fused-ring (bicyclic) bond motifs is 2. The largest absolute Gasteiger partial charge is 0.366 e. The van der Waals surface area contributed by atoms with E-state index in [4.69, 9.17) is 5.73 Å². The van der Waals surface area contributed by atoms with Gasteiger partial charge in [0.25, 0.3) is 5.91 Å². The molecule has 3 aromatic carbocycles. The number of anilines is 1. The molecule has 2 heterocycles. The van der Waals surface area contributed by atoms with Crippen molar-refractivity contribution in [1.82, 2.24) is 9.97 Å². The molecule has 162 valence electrons. The van der Waals surface area contributed by atoms with E-state index in [1.807, 2.05) is 54.7 Å². The minimum Gasteiger partial charge on any atom is -0.366 e. The Kier molecular flexibility index (Phi) is 5.36. The van der Waals surface area contributed by atoms with Gasteiger partial charge in [-0.1, -0.05) is 42.5 Å². The second kappa shape index (κ2) is 8.63.